The van der Waals surface area contributed by atoms with Gasteiger partial charge >= 0.3 is 0 Å². The number of hydrogen-bond acceptors (Lipinski definition) is 4. The maximum atomic E-state index is 12.0. The van der Waals surface area contributed by atoms with Gasteiger partial charge in [-0.2, -0.15) is 0 Å². The molecule has 2 rings (SSSR count). The molecule has 2 unspecified atom stereocenters. The van der Waals surface area contributed by atoms with E-state index in [1.807, 2.05) is 0 Å². The number of carbonyl (C=O) groups excluding carboxylic acids is 1. The number of amides is 1. The van der Waals surface area contributed by atoms with Crippen LogP contribution >= 0.6 is 0 Å². The van der Waals surface area contributed by atoms with Crippen molar-refractivity contribution in [2.24, 2.45) is 11.7 Å². The van der Waals surface area contributed by atoms with Crippen LogP contribution in [0.25, 0.3) is 0 Å². The average molecular weight is 264 g/mol. The number of nitrogens with one attached hydrogen (secondary N) is 1. The highest BCUT2D eigenvalue weighted by molar-refractivity contribution is 5.97. The van der Waals surface area contributed by atoms with Gasteiger partial charge in [0, 0.05) is 12.6 Å². The van der Waals surface area contributed by atoms with Crippen LogP contribution in [0, 0.1) is 5.92 Å². The molecule has 4 N–H and O–H groups in total. The molecule has 0 aliphatic heterocycles. The van der Waals surface area contributed by atoms with Crippen LogP contribution < -0.4 is 15.8 Å². The molecule has 5 nitrogen and oxygen atoms in total. The first kappa shape index (κ1) is 13.7. The van der Waals surface area contributed by atoms with Crippen LogP contribution in [-0.4, -0.2) is 30.7 Å². The van der Waals surface area contributed by atoms with Crippen molar-refractivity contribution in [1.82, 2.24) is 5.32 Å². The van der Waals surface area contributed by atoms with Crippen LogP contribution in [0.3, 0.4) is 0 Å². The number of aromatic hydroxyl groups is 1. The molecule has 0 radical (unpaired) electrons. The fourth-order valence-corrected chi connectivity index (χ4v) is 2.46. The van der Waals surface area contributed by atoms with E-state index >= 15 is 0 Å². The zero-order valence-corrected chi connectivity index (χ0v) is 11.1. The molecule has 1 amide bonds. The third-order valence-electron chi connectivity index (χ3n) is 3.58. The largest absolute Gasteiger partial charge is 0.507 e. The highest BCUT2D eigenvalue weighted by Crippen LogP contribution is 2.25. The molecule has 0 aromatic heterocycles. The molecule has 5 heteroatoms. The van der Waals surface area contributed by atoms with E-state index < -0.39 is 0 Å². The molecule has 0 saturated heterocycles. The van der Waals surface area contributed by atoms with E-state index in [1.54, 1.807) is 6.07 Å². The molecule has 1 aliphatic carbocycles. The summed E-state index contributed by atoms with van der Waals surface area (Å²) in [5.74, 6) is 0.663. The van der Waals surface area contributed by atoms with E-state index in [0.717, 1.165) is 19.3 Å². The lowest BCUT2D eigenvalue weighted by molar-refractivity contribution is 0.0944. The van der Waals surface area contributed by atoms with Gasteiger partial charge in [0.2, 0.25) is 0 Å². The highest BCUT2D eigenvalue weighted by atomic mass is 16.5. The van der Waals surface area contributed by atoms with E-state index in [2.05, 4.69) is 5.32 Å². The summed E-state index contributed by atoms with van der Waals surface area (Å²) in [5, 5.41) is 12.5. The maximum Gasteiger partial charge on any atom is 0.255 e. The number of ether oxygens (including phenoxy) is 1. The Bertz CT molecular complexity index is 462. The number of nitrogens with two attached hydrogens (primary N) is 1. The van der Waals surface area contributed by atoms with Crippen molar-refractivity contribution in [3.8, 4) is 11.5 Å². The van der Waals surface area contributed by atoms with E-state index in [4.69, 9.17) is 10.5 Å². The van der Waals surface area contributed by atoms with Gasteiger partial charge < -0.3 is 20.9 Å². The second-order valence-corrected chi connectivity index (χ2v) is 5.03. The fraction of sp³-hybridized carbons (Fsp3) is 0.500. The summed E-state index contributed by atoms with van der Waals surface area (Å²) in [6.45, 7) is 0.600. The summed E-state index contributed by atoms with van der Waals surface area (Å²) < 4.78 is 5.04. The topological polar surface area (TPSA) is 84.6 Å². The lowest BCUT2D eigenvalue weighted by Gasteiger charge is -2.12. The maximum absolute atomic E-state index is 12.0. The van der Waals surface area contributed by atoms with Gasteiger partial charge in [-0.25, -0.2) is 0 Å². The van der Waals surface area contributed by atoms with Crippen molar-refractivity contribution in [2.75, 3.05) is 13.7 Å². The number of phenolic OH excluding ortho intramolecular Hbond substituents is 1. The first-order valence-electron chi connectivity index (χ1n) is 6.51. The van der Waals surface area contributed by atoms with Crippen LogP contribution in [0.5, 0.6) is 11.5 Å². The second kappa shape index (κ2) is 5.93. The van der Waals surface area contributed by atoms with Gasteiger partial charge in [-0.05, 0) is 43.4 Å². The Hall–Kier alpha value is -1.75. The Labute approximate surface area is 112 Å². The molecule has 1 aliphatic rings. The Morgan fingerprint density at radius 3 is 2.95 bits per heavy atom. The minimum absolute atomic E-state index is 0.0403. The molecular weight excluding hydrogens is 244 g/mol. The summed E-state index contributed by atoms with van der Waals surface area (Å²) in [5.41, 5.74) is 6.07. The van der Waals surface area contributed by atoms with E-state index in [0.29, 0.717) is 18.2 Å². The molecule has 0 bridgehead atoms. The Balaban J connectivity index is 1.96. The average Bonchev–Trinajstić information content (AvgIpc) is 2.82. The smallest absolute Gasteiger partial charge is 0.255 e. The number of phenols is 1. The monoisotopic (exact) mass is 264 g/mol. The minimum Gasteiger partial charge on any atom is -0.507 e. The SMILES string of the molecule is COc1ccc(O)c(C(=O)NCC2CCC(N)C2)c1. The first-order chi connectivity index (χ1) is 9.10. The van der Waals surface area contributed by atoms with Crippen molar-refractivity contribution in [3.05, 3.63) is 23.8 Å². The van der Waals surface area contributed by atoms with Crippen molar-refractivity contribution in [2.45, 2.75) is 25.3 Å². The molecule has 0 heterocycles. The summed E-state index contributed by atoms with van der Waals surface area (Å²) in [7, 11) is 1.52. The number of rotatable bonds is 4. The van der Waals surface area contributed by atoms with E-state index in [9.17, 15) is 9.90 Å². The molecule has 1 aromatic carbocycles. The van der Waals surface area contributed by atoms with Gasteiger partial charge in [0.05, 0.1) is 12.7 Å². The van der Waals surface area contributed by atoms with Gasteiger partial charge in [0.15, 0.2) is 0 Å². The number of carbonyl (C=O) groups is 1. The third-order valence-corrected chi connectivity index (χ3v) is 3.58. The van der Waals surface area contributed by atoms with Gasteiger partial charge in [-0.3, -0.25) is 4.79 Å². The standard InChI is InChI=1S/C14H20N2O3/c1-19-11-4-5-13(17)12(7-11)14(18)16-8-9-2-3-10(15)6-9/h4-5,7,9-10,17H,2-3,6,8,15H2,1H3,(H,16,18). The molecule has 0 spiro atoms. The van der Waals surface area contributed by atoms with Crippen molar-refractivity contribution in [1.29, 1.82) is 0 Å². The first-order valence-corrected chi connectivity index (χ1v) is 6.51. The van der Waals surface area contributed by atoms with Gasteiger partial charge in [0.25, 0.3) is 5.91 Å². The van der Waals surface area contributed by atoms with Gasteiger partial charge in [-0.1, -0.05) is 0 Å². The quantitative estimate of drug-likeness (QED) is 0.764. The highest BCUT2D eigenvalue weighted by Gasteiger charge is 2.22. The van der Waals surface area contributed by atoms with Crippen LogP contribution in [0.2, 0.25) is 0 Å². The van der Waals surface area contributed by atoms with Crippen molar-refractivity contribution < 1.29 is 14.6 Å². The van der Waals surface area contributed by atoms with Crippen molar-refractivity contribution >= 4 is 5.91 Å². The Morgan fingerprint density at radius 2 is 2.32 bits per heavy atom. The van der Waals surface area contributed by atoms with Crippen molar-refractivity contribution in [3.63, 3.8) is 0 Å². The van der Waals surface area contributed by atoms with Crippen LogP contribution in [-0.2, 0) is 0 Å². The zero-order chi connectivity index (χ0) is 13.8. The second-order valence-electron chi connectivity index (χ2n) is 5.03. The van der Waals surface area contributed by atoms with E-state index in [-0.39, 0.29) is 23.3 Å². The Morgan fingerprint density at radius 1 is 1.53 bits per heavy atom. The summed E-state index contributed by atoms with van der Waals surface area (Å²) >= 11 is 0. The van der Waals surface area contributed by atoms with Gasteiger partial charge in [0.1, 0.15) is 11.5 Å². The number of hydrogen-bond donors (Lipinski definition) is 3. The Kier molecular flexibility index (Phi) is 4.27. The summed E-state index contributed by atoms with van der Waals surface area (Å²) in [6, 6.07) is 4.86. The molecular formula is C14H20N2O3. The normalized spacial score (nSPS) is 22.2. The minimum atomic E-state index is -0.281. The van der Waals surface area contributed by atoms with Gasteiger partial charge in [-0.15, -0.1) is 0 Å². The lowest BCUT2D eigenvalue weighted by atomic mass is 10.1. The molecule has 1 fully saturated rings. The number of benzene rings is 1. The molecule has 1 aromatic rings. The van der Waals surface area contributed by atoms with Crippen LogP contribution in [0.4, 0.5) is 0 Å². The molecule has 19 heavy (non-hydrogen) atoms. The zero-order valence-electron chi connectivity index (χ0n) is 11.1. The summed E-state index contributed by atoms with van der Waals surface area (Å²) in [4.78, 5) is 12.0. The molecule has 2 atom stereocenters. The lowest BCUT2D eigenvalue weighted by Crippen LogP contribution is -2.29. The molecule has 1 saturated carbocycles. The van der Waals surface area contributed by atoms with Crippen LogP contribution in [0.15, 0.2) is 18.2 Å². The van der Waals surface area contributed by atoms with Crippen LogP contribution in [0.1, 0.15) is 29.6 Å². The summed E-state index contributed by atoms with van der Waals surface area (Å²) in [6.07, 6.45) is 3.01. The predicted octanol–water partition coefficient (Wildman–Crippen LogP) is 1.26. The van der Waals surface area contributed by atoms with E-state index in [1.165, 1.54) is 19.2 Å². The predicted molar refractivity (Wildman–Crippen MR) is 72.3 cm³/mol. The fourth-order valence-electron chi connectivity index (χ4n) is 2.46. The molecule has 104 valence electrons. The number of methoxy groups -OCH3 is 1. The third kappa shape index (κ3) is 3.38.